The topological polar surface area (TPSA) is 108 Å². The Kier molecular flexibility index (Phi) is 5.63. The molecule has 70 valence electrons. The smallest absolute Gasteiger partial charge is 0.356 e. The van der Waals surface area contributed by atoms with Crippen molar-refractivity contribution in [2.75, 3.05) is 0 Å². The van der Waals surface area contributed by atoms with Crippen molar-refractivity contribution in [1.82, 2.24) is 15.4 Å². The fourth-order valence-corrected chi connectivity index (χ4v) is 0.786. The molecule has 0 bridgehead atoms. The molecule has 7 nitrogen and oxygen atoms in total. The fraction of sp³-hybridized carbons (Fsp3) is 0. The Labute approximate surface area is 97.4 Å². The number of hydrogen-bond donors (Lipinski definition) is 1. The molecule has 0 spiro atoms. The largest absolute Gasteiger partial charge is 3.00 e. The Bertz CT molecular complexity index is 370. The van der Waals surface area contributed by atoms with Crippen LogP contribution in [0.15, 0.2) is 24.3 Å². The van der Waals surface area contributed by atoms with Gasteiger partial charge in [-0.3, -0.25) is 0 Å². The van der Waals surface area contributed by atoms with E-state index in [4.69, 9.17) is 15.3 Å². The van der Waals surface area contributed by atoms with Gasteiger partial charge in [0.1, 0.15) is 11.0 Å². The number of nitrogens with zero attached hydrogens (tertiary/aromatic N) is 3. The number of aromatic amines is 1. The van der Waals surface area contributed by atoms with Crippen LogP contribution in [-0.4, -0.2) is 46.7 Å². The average Bonchev–Trinajstić information content (AvgIpc) is 2.49. The molecule has 0 aliphatic carbocycles. The molecule has 0 atom stereocenters. The van der Waals surface area contributed by atoms with Crippen molar-refractivity contribution in [3.05, 3.63) is 39.6 Å². The molecule has 14 heavy (non-hydrogen) atoms. The van der Waals surface area contributed by atoms with Crippen LogP contribution in [0.3, 0.4) is 0 Å². The Morgan fingerprint density at radius 2 is 1.50 bits per heavy atom. The minimum absolute atomic E-state index is 0. The number of nitrogens with one attached hydrogen (secondary N) is 1. The van der Waals surface area contributed by atoms with E-state index in [0.29, 0.717) is 0 Å². The van der Waals surface area contributed by atoms with E-state index in [1.165, 1.54) is 0 Å². The predicted molar refractivity (Wildman–Crippen MR) is 50.0 cm³/mol. The Morgan fingerprint density at radius 3 is 1.86 bits per heavy atom. The number of benzene rings is 1. The normalized spacial score (nSPS) is 8.29. The molecular formula is C6H5BiN4O3+2. The molecule has 0 amide bonds. The maximum Gasteiger partial charge on any atom is 3.00 e. The van der Waals surface area contributed by atoms with E-state index >= 15 is 0 Å². The number of H-pyrrole nitrogens is 1. The third kappa shape index (κ3) is 4.09. The van der Waals surface area contributed by atoms with Gasteiger partial charge in [-0.1, -0.05) is 12.1 Å². The molecule has 2 radical (unpaired) electrons. The quantitative estimate of drug-likeness (QED) is 0.397. The average molecular weight is 390 g/mol. The van der Waals surface area contributed by atoms with Crippen LogP contribution < -0.4 is 0 Å². The zero-order valence-corrected chi connectivity index (χ0v) is 10.3. The summed E-state index contributed by atoms with van der Waals surface area (Å²) < 4.78 is 0. The van der Waals surface area contributed by atoms with Gasteiger partial charge < -0.3 is 15.3 Å². The van der Waals surface area contributed by atoms with Crippen LogP contribution in [-0.2, 0) is 0 Å². The third-order valence-electron chi connectivity index (χ3n) is 1.22. The van der Waals surface area contributed by atoms with Gasteiger partial charge in [0.2, 0.25) is 0 Å². The van der Waals surface area contributed by atoms with Gasteiger partial charge in [-0.05, 0) is 12.1 Å². The third-order valence-corrected chi connectivity index (χ3v) is 1.22. The van der Waals surface area contributed by atoms with Crippen LogP contribution >= 0.6 is 0 Å². The number of hydrogen-bond acceptors (Lipinski definition) is 5. The molecule has 0 aliphatic heterocycles. The van der Waals surface area contributed by atoms with E-state index in [2.05, 4.69) is 15.4 Å². The predicted octanol–water partition coefficient (Wildman–Crippen LogP) is 0.338. The van der Waals surface area contributed by atoms with Gasteiger partial charge in [0.25, 0.3) is 0 Å². The molecule has 0 fully saturated rings. The van der Waals surface area contributed by atoms with E-state index in [1.54, 1.807) is 0 Å². The summed E-state index contributed by atoms with van der Waals surface area (Å²) >= 11 is 0. The molecular weight excluding hydrogens is 385 g/mol. The number of aromatic nitrogens is 3. The Hall–Kier alpha value is -1.30. The van der Waals surface area contributed by atoms with Crippen molar-refractivity contribution in [2.45, 2.75) is 0 Å². The summed E-state index contributed by atoms with van der Waals surface area (Å²) in [6.45, 7) is 0. The second-order valence-electron chi connectivity index (χ2n) is 2.04. The van der Waals surface area contributed by atoms with Gasteiger partial charge in [0.15, 0.2) is 0 Å². The van der Waals surface area contributed by atoms with Gasteiger partial charge in [-0.15, -0.1) is 0 Å². The van der Waals surface area contributed by atoms with Gasteiger partial charge in [-0.25, -0.2) is 0 Å². The van der Waals surface area contributed by atoms with Crippen molar-refractivity contribution in [3.8, 4) is 0 Å². The van der Waals surface area contributed by atoms with Crippen LogP contribution in [0.4, 0.5) is 0 Å². The van der Waals surface area contributed by atoms with Crippen LogP contribution in [0, 0.1) is 15.3 Å². The Balaban J connectivity index is 0.000000299. The van der Waals surface area contributed by atoms with Crippen molar-refractivity contribution >= 4 is 37.2 Å². The minimum atomic E-state index is -1.75. The molecule has 1 aromatic carbocycles. The molecule has 2 rings (SSSR count). The number of fused-ring (bicyclic) bond motifs is 1. The van der Waals surface area contributed by atoms with Gasteiger partial charge in [0, 0.05) is 0 Å². The molecule has 1 N–H and O–H groups in total. The SMILES string of the molecule is O=[N+]([O-])[O-].[Bi+3].c1ccc2n[nH]nc2c1. The van der Waals surface area contributed by atoms with Crippen molar-refractivity contribution < 1.29 is 5.09 Å². The first kappa shape index (κ1) is 12.7. The summed E-state index contributed by atoms with van der Waals surface area (Å²) in [5.41, 5.74) is 1.83. The molecule has 0 aliphatic rings. The summed E-state index contributed by atoms with van der Waals surface area (Å²) in [4.78, 5) is 8.25. The summed E-state index contributed by atoms with van der Waals surface area (Å²) in [6.07, 6.45) is 0. The zero-order valence-electron chi connectivity index (χ0n) is 6.82. The molecule has 8 heteroatoms. The van der Waals surface area contributed by atoms with Crippen LogP contribution in [0.2, 0.25) is 0 Å². The van der Waals surface area contributed by atoms with Crippen molar-refractivity contribution in [3.63, 3.8) is 0 Å². The zero-order chi connectivity index (χ0) is 9.68. The molecule has 0 saturated heterocycles. The summed E-state index contributed by atoms with van der Waals surface area (Å²) in [5, 5.41) is 25.1. The summed E-state index contributed by atoms with van der Waals surface area (Å²) in [5.74, 6) is 0. The molecule has 2 aromatic rings. The summed E-state index contributed by atoms with van der Waals surface area (Å²) in [7, 11) is 0. The van der Waals surface area contributed by atoms with Gasteiger partial charge >= 0.3 is 26.2 Å². The number of para-hydroxylation sites is 2. The van der Waals surface area contributed by atoms with Crippen molar-refractivity contribution in [1.29, 1.82) is 0 Å². The Morgan fingerprint density at radius 1 is 1.14 bits per heavy atom. The first-order valence-corrected chi connectivity index (χ1v) is 3.27. The first-order chi connectivity index (χ1) is 6.20. The standard InChI is InChI=1S/C6H5N3.Bi.NO3/c1-2-4-6-5(3-1)7-9-8-6;;2-1(3)4/h1-4H,(H,7,8,9);;/q;+3;-1. The van der Waals surface area contributed by atoms with E-state index in [1.807, 2.05) is 24.3 Å². The second-order valence-corrected chi connectivity index (χ2v) is 2.04. The maximum absolute atomic E-state index is 8.25. The van der Waals surface area contributed by atoms with E-state index in [9.17, 15) is 0 Å². The van der Waals surface area contributed by atoms with E-state index < -0.39 is 5.09 Å². The summed E-state index contributed by atoms with van der Waals surface area (Å²) in [6, 6.07) is 7.70. The molecule has 1 heterocycles. The fourth-order valence-electron chi connectivity index (χ4n) is 0.786. The monoisotopic (exact) mass is 390 g/mol. The molecule has 0 saturated carbocycles. The van der Waals surface area contributed by atoms with Gasteiger partial charge in [-0.2, -0.15) is 15.4 Å². The maximum atomic E-state index is 8.25. The van der Waals surface area contributed by atoms with Crippen molar-refractivity contribution in [2.24, 2.45) is 0 Å². The number of rotatable bonds is 0. The van der Waals surface area contributed by atoms with E-state index in [-0.39, 0.29) is 26.2 Å². The van der Waals surface area contributed by atoms with Crippen LogP contribution in [0.25, 0.3) is 11.0 Å². The molecule has 1 aromatic heterocycles. The minimum Gasteiger partial charge on any atom is -0.356 e. The van der Waals surface area contributed by atoms with E-state index in [0.717, 1.165) is 11.0 Å². The van der Waals surface area contributed by atoms with Crippen LogP contribution in [0.1, 0.15) is 0 Å². The second kappa shape index (κ2) is 6.20. The first-order valence-electron chi connectivity index (χ1n) is 3.27. The van der Waals surface area contributed by atoms with Crippen LogP contribution in [0.5, 0.6) is 0 Å². The van der Waals surface area contributed by atoms with Gasteiger partial charge in [0.05, 0.1) is 5.09 Å². The molecule has 0 unspecified atom stereocenters.